The first-order valence-electron chi connectivity index (χ1n) is 10.0. The first kappa shape index (κ1) is 19.8. The molecule has 1 fully saturated rings. The number of amidine groups is 1. The highest BCUT2D eigenvalue weighted by molar-refractivity contribution is 8.16. The minimum atomic E-state index is -0.374. The average molecular weight is 412 g/mol. The van der Waals surface area contributed by atoms with Crippen LogP contribution in [0.3, 0.4) is 0 Å². The van der Waals surface area contributed by atoms with Gasteiger partial charge >= 0.3 is 5.97 Å². The smallest absolute Gasteiger partial charge is 0.338 e. The average Bonchev–Trinajstić information content (AvgIpc) is 3.43. The fourth-order valence-electron chi connectivity index (χ4n) is 4.10. The minimum absolute atomic E-state index is 0.132. The number of benzene rings is 1. The summed E-state index contributed by atoms with van der Waals surface area (Å²) in [5, 5.41) is 2.81. The second kappa shape index (κ2) is 8.45. The van der Waals surface area contributed by atoms with Gasteiger partial charge in [-0.2, -0.15) is 0 Å². The number of thioether (sulfide) groups is 1. The molecular formula is C22H25N3O3S. The van der Waals surface area contributed by atoms with Crippen LogP contribution in [0.1, 0.15) is 44.2 Å². The number of likely N-dealkylation sites (tertiary alicyclic amines) is 1. The molecule has 1 saturated heterocycles. The fraction of sp³-hybridized carbons (Fsp3) is 0.409. The number of hydrogen-bond donors (Lipinski definition) is 0. The highest BCUT2D eigenvalue weighted by Crippen LogP contribution is 2.45. The van der Waals surface area contributed by atoms with Crippen LogP contribution in [-0.2, 0) is 14.3 Å². The van der Waals surface area contributed by atoms with E-state index >= 15 is 0 Å². The van der Waals surface area contributed by atoms with Crippen LogP contribution in [0.2, 0.25) is 0 Å². The summed E-state index contributed by atoms with van der Waals surface area (Å²) in [5.74, 6) is -0.243. The van der Waals surface area contributed by atoms with Crippen LogP contribution in [0.25, 0.3) is 0 Å². The number of esters is 1. The fourth-order valence-corrected chi connectivity index (χ4v) is 5.03. The number of rotatable bonds is 5. The number of nitrogens with zero attached hydrogens (tertiary/aromatic N) is 3. The van der Waals surface area contributed by atoms with Crippen LogP contribution in [-0.4, -0.2) is 47.0 Å². The predicted molar refractivity (Wildman–Crippen MR) is 114 cm³/mol. The lowest BCUT2D eigenvalue weighted by atomic mass is 9.93. The zero-order valence-corrected chi connectivity index (χ0v) is 17.6. The normalized spacial score (nSPS) is 21.1. The van der Waals surface area contributed by atoms with Crippen molar-refractivity contribution in [1.29, 1.82) is 0 Å². The Balaban J connectivity index is 1.73. The number of methoxy groups -OCH3 is 1. The van der Waals surface area contributed by atoms with Crippen LogP contribution in [0.15, 0.2) is 57.7 Å². The second-order valence-electron chi connectivity index (χ2n) is 7.27. The number of carbonyl (C=O) groups excluding carboxylic acids is 2. The van der Waals surface area contributed by atoms with Gasteiger partial charge in [0.1, 0.15) is 0 Å². The van der Waals surface area contributed by atoms with Gasteiger partial charge in [-0.3, -0.25) is 4.79 Å². The molecule has 1 amide bonds. The predicted octanol–water partition coefficient (Wildman–Crippen LogP) is 3.84. The highest BCUT2D eigenvalue weighted by Gasteiger charge is 2.41. The Morgan fingerprint density at radius 2 is 1.93 bits per heavy atom. The molecule has 3 aliphatic heterocycles. The van der Waals surface area contributed by atoms with Gasteiger partial charge in [0, 0.05) is 18.8 Å². The van der Waals surface area contributed by atoms with E-state index in [-0.39, 0.29) is 17.9 Å². The zero-order chi connectivity index (χ0) is 20.4. The van der Waals surface area contributed by atoms with Crippen LogP contribution >= 0.6 is 11.8 Å². The van der Waals surface area contributed by atoms with Crippen LogP contribution in [0.5, 0.6) is 0 Å². The van der Waals surface area contributed by atoms with Crippen molar-refractivity contribution in [2.24, 2.45) is 4.99 Å². The van der Waals surface area contributed by atoms with Gasteiger partial charge in [-0.15, -0.1) is 0 Å². The summed E-state index contributed by atoms with van der Waals surface area (Å²) in [6, 6.07) is 9.54. The van der Waals surface area contributed by atoms with Gasteiger partial charge in [0.2, 0.25) is 5.91 Å². The van der Waals surface area contributed by atoms with Crippen molar-refractivity contribution in [1.82, 2.24) is 9.80 Å². The van der Waals surface area contributed by atoms with Crippen LogP contribution in [0, 0.1) is 0 Å². The molecule has 1 aromatic carbocycles. The molecule has 0 N–H and O–H groups in total. The van der Waals surface area contributed by atoms with E-state index in [1.165, 1.54) is 18.9 Å². The summed E-state index contributed by atoms with van der Waals surface area (Å²) in [5.41, 5.74) is 3.15. The number of hydrogen-bond acceptors (Lipinski definition) is 6. The molecule has 0 radical (unpaired) electrons. The van der Waals surface area contributed by atoms with Crippen molar-refractivity contribution in [2.45, 2.75) is 38.6 Å². The Morgan fingerprint density at radius 1 is 1.21 bits per heavy atom. The quantitative estimate of drug-likeness (QED) is 0.689. The zero-order valence-electron chi connectivity index (χ0n) is 16.8. The molecule has 152 valence electrons. The summed E-state index contributed by atoms with van der Waals surface area (Å²) in [6.07, 6.45) is 3.08. The number of aliphatic imine (C=N–C) groups is 1. The van der Waals surface area contributed by atoms with Gasteiger partial charge in [0.25, 0.3) is 0 Å². The third-order valence-electron chi connectivity index (χ3n) is 5.54. The maximum atomic E-state index is 12.8. The summed E-state index contributed by atoms with van der Waals surface area (Å²) in [7, 11) is 1.40. The third-order valence-corrected chi connectivity index (χ3v) is 6.42. The van der Waals surface area contributed by atoms with Crippen molar-refractivity contribution < 1.29 is 14.3 Å². The number of amides is 1. The molecule has 0 spiro atoms. The largest absolute Gasteiger partial charge is 0.466 e. The Kier molecular flexibility index (Phi) is 5.76. The standard InChI is InChI=1S/C22H25N3O3S/c1-3-17-19(21(27)28-2)20(15-9-5-4-6-10-15)25-16(14-29-22(25)23-17)13-18(26)24-11-7-8-12-24/h4-6,9-10,14,20H,3,7-8,11-13H2,1-2H3. The molecular weight excluding hydrogens is 386 g/mol. The Morgan fingerprint density at radius 3 is 2.59 bits per heavy atom. The molecule has 6 nitrogen and oxygen atoms in total. The van der Waals surface area contributed by atoms with Crippen molar-refractivity contribution in [3.05, 3.63) is 58.3 Å². The SMILES string of the molecule is CCC1=C(C(=O)OC)C(c2ccccc2)N2C(CC(=O)N3CCCC3)=CSC2=N1. The Hall–Kier alpha value is -2.54. The lowest BCUT2D eigenvalue weighted by molar-refractivity contribution is -0.136. The van der Waals surface area contributed by atoms with E-state index in [4.69, 9.17) is 9.73 Å². The van der Waals surface area contributed by atoms with Gasteiger partial charge in [0.15, 0.2) is 5.17 Å². The molecule has 3 aliphatic rings. The van der Waals surface area contributed by atoms with E-state index in [1.807, 2.05) is 52.5 Å². The van der Waals surface area contributed by atoms with E-state index < -0.39 is 0 Å². The first-order chi connectivity index (χ1) is 14.1. The summed E-state index contributed by atoms with van der Waals surface area (Å²) in [4.78, 5) is 34.3. The molecule has 0 aromatic heterocycles. The molecule has 0 saturated carbocycles. The van der Waals surface area contributed by atoms with Gasteiger partial charge in [-0.25, -0.2) is 9.79 Å². The monoisotopic (exact) mass is 411 g/mol. The highest BCUT2D eigenvalue weighted by atomic mass is 32.2. The molecule has 4 rings (SSSR count). The Labute approximate surface area is 175 Å². The minimum Gasteiger partial charge on any atom is -0.466 e. The number of ether oxygens (including phenoxy) is 1. The van der Waals surface area contributed by atoms with Gasteiger partial charge in [0.05, 0.1) is 30.8 Å². The first-order valence-corrected chi connectivity index (χ1v) is 10.9. The lowest BCUT2D eigenvalue weighted by Crippen LogP contribution is -2.38. The van der Waals surface area contributed by atoms with E-state index in [1.54, 1.807) is 0 Å². The van der Waals surface area contributed by atoms with Crippen molar-refractivity contribution >= 4 is 28.8 Å². The van der Waals surface area contributed by atoms with Crippen molar-refractivity contribution in [3.63, 3.8) is 0 Å². The van der Waals surface area contributed by atoms with E-state index in [0.717, 1.165) is 48.1 Å². The molecule has 0 aliphatic carbocycles. The topological polar surface area (TPSA) is 62.2 Å². The maximum Gasteiger partial charge on any atom is 0.338 e. The molecule has 1 unspecified atom stereocenters. The van der Waals surface area contributed by atoms with Crippen LogP contribution < -0.4 is 0 Å². The molecule has 3 heterocycles. The van der Waals surface area contributed by atoms with Gasteiger partial charge in [-0.1, -0.05) is 49.0 Å². The molecule has 1 aromatic rings. The second-order valence-corrected chi connectivity index (χ2v) is 8.11. The maximum absolute atomic E-state index is 12.8. The molecule has 0 bridgehead atoms. The van der Waals surface area contributed by atoms with Crippen molar-refractivity contribution in [3.8, 4) is 0 Å². The molecule has 7 heteroatoms. The van der Waals surface area contributed by atoms with Crippen molar-refractivity contribution in [2.75, 3.05) is 20.2 Å². The summed E-state index contributed by atoms with van der Waals surface area (Å²) < 4.78 is 5.13. The number of fused-ring (bicyclic) bond motifs is 1. The molecule has 29 heavy (non-hydrogen) atoms. The van der Waals surface area contributed by atoms with E-state index in [2.05, 4.69) is 0 Å². The van der Waals surface area contributed by atoms with Crippen LogP contribution in [0.4, 0.5) is 0 Å². The van der Waals surface area contributed by atoms with Gasteiger partial charge < -0.3 is 14.5 Å². The summed E-state index contributed by atoms with van der Waals surface area (Å²) in [6.45, 7) is 3.65. The number of carbonyl (C=O) groups is 2. The van der Waals surface area contributed by atoms with Gasteiger partial charge in [-0.05, 0) is 30.2 Å². The lowest BCUT2D eigenvalue weighted by Gasteiger charge is -2.36. The van der Waals surface area contributed by atoms with E-state index in [0.29, 0.717) is 18.4 Å². The number of allylic oxidation sites excluding steroid dienone is 1. The third kappa shape index (κ3) is 3.71. The summed E-state index contributed by atoms with van der Waals surface area (Å²) >= 11 is 1.51. The molecule has 1 atom stereocenters. The van der Waals surface area contributed by atoms with E-state index in [9.17, 15) is 9.59 Å². The Bertz CT molecular complexity index is 901.